The average molecular weight is 340 g/mol. The molecule has 122 valence electrons. The van der Waals surface area contributed by atoms with Gasteiger partial charge in [-0.2, -0.15) is 0 Å². The van der Waals surface area contributed by atoms with Crippen LogP contribution in [0.2, 0.25) is 0 Å². The van der Waals surface area contributed by atoms with Crippen molar-refractivity contribution in [3.8, 4) is 0 Å². The van der Waals surface area contributed by atoms with E-state index in [1.807, 2.05) is 0 Å². The van der Waals surface area contributed by atoms with E-state index in [4.69, 9.17) is 0 Å². The normalized spacial score (nSPS) is 13.7. The third kappa shape index (κ3) is 3.23. The van der Waals surface area contributed by atoms with E-state index < -0.39 is 7.92 Å². The SMILES string of the molecule is CC1=C(c2ccccc2P(c2ccccc2)c2ccccc2)CC=C1. The van der Waals surface area contributed by atoms with Crippen molar-refractivity contribution in [2.75, 3.05) is 0 Å². The highest BCUT2D eigenvalue weighted by Crippen LogP contribution is 2.38. The van der Waals surface area contributed by atoms with Crippen LogP contribution >= 0.6 is 7.92 Å². The molecule has 0 saturated heterocycles. The number of rotatable bonds is 4. The monoisotopic (exact) mass is 340 g/mol. The van der Waals surface area contributed by atoms with E-state index in [1.54, 1.807) is 0 Å². The van der Waals surface area contributed by atoms with E-state index in [0.717, 1.165) is 6.42 Å². The van der Waals surface area contributed by atoms with Crippen molar-refractivity contribution in [2.45, 2.75) is 13.3 Å². The maximum Gasteiger partial charge on any atom is -0.00757 e. The Morgan fingerprint density at radius 1 is 0.680 bits per heavy atom. The summed E-state index contributed by atoms with van der Waals surface area (Å²) in [5, 5.41) is 4.26. The summed E-state index contributed by atoms with van der Waals surface area (Å²) in [7, 11) is -0.564. The van der Waals surface area contributed by atoms with Crippen LogP contribution in [0.15, 0.2) is 103 Å². The van der Waals surface area contributed by atoms with Crippen LogP contribution in [0.1, 0.15) is 18.9 Å². The van der Waals surface area contributed by atoms with Crippen LogP contribution in [0, 0.1) is 0 Å². The molecule has 0 saturated carbocycles. The molecule has 0 aliphatic heterocycles. The number of hydrogen-bond donors (Lipinski definition) is 0. The van der Waals surface area contributed by atoms with Gasteiger partial charge in [0.2, 0.25) is 0 Å². The van der Waals surface area contributed by atoms with Crippen LogP contribution in [0.25, 0.3) is 5.57 Å². The van der Waals surface area contributed by atoms with Crippen LogP contribution in [-0.4, -0.2) is 0 Å². The summed E-state index contributed by atoms with van der Waals surface area (Å²) in [5.74, 6) is 0. The summed E-state index contributed by atoms with van der Waals surface area (Å²) in [6.07, 6.45) is 5.56. The van der Waals surface area contributed by atoms with Gasteiger partial charge in [-0.15, -0.1) is 0 Å². The van der Waals surface area contributed by atoms with Gasteiger partial charge in [0.15, 0.2) is 0 Å². The predicted octanol–water partition coefficient (Wildman–Crippen LogP) is 5.18. The van der Waals surface area contributed by atoms with Gasteiger partial charge in [-0.05, 0) is 53.9 Å². The molecule has 0 atom stereocenters. The van der Waals surface area contributed by atoms with Crippen molar-refractivity contribution < 1.29 is 0 Å². The second kappa shape index (κ2) is 7.21. The first kappa shape index (κ1) is 16.1. The van der Waals surface area contributed by atoms with E-state index in [-0.39, 0.29) is 0 Å². The van der Waals surface area contributed by atoms with Crippen molar-refractivity contribution in [1.29, 1.82) is 0 Å². The Bertz CT molecular complexity index is 881. The maximum absolute atomic E-state index is 2.32. The fourth-order valence-electron chi connectivity index (χ4n) is 3.44. The van der Waals surface area contributed by atoms with Crippen LogP contribution in [0.4, 0.5) is 0 Å². The quantitative estimate of drug-likeness (QED) is 0.574. The summed E-state index contributed by atoms with van der Waals surface area (Å²) in [5.41, 5.74) is 4.27. The van der Waals surface area contributed by atoms with Crippen molar-refractivity contribution in [2.24, 2.45) is 0 Å². The fraction of sp³-hybridized carbons (Fsp3) is 0.0833. The van der Waals surface area contributed by atoms with Gasteiger partial charge in [0.25, 0.3) is 0 Å². The van der Waals surface area contributed by atoms with Gasteiger partial charge in [-0.25, -0.2) is 0 Å². The van der Waals surface area contributed by atoms with Crippen molar-refractivity contribution in [3.63, 3.8) is 0 Å². The molecular formula is C24H21P. The van der Waals surface area contributed by atoms with Crippen molar-refractivity contribution >= 4 is 29.4 Å². The third-order valence-electron chi connectivity index (χ3n) is 4.66. The maximum atomic E-state index is 2.32. The van der Waals surface area contributed by atoms with Crippen LogP contribution in [0.5, 0.6) is 0 Å². The fourth-order valence-corrected chi connectivity index (χ4v) is 5.92. The van der Waals surface area contributed by atoms with E-state index in [1.165, 1.54) is 32.6 Å². The standard InChI is InChI=1S/C24H21P/c1-19-11-10-17-22(19)23-16-8-9-18-24(23)25(20-12-4-2-5-13-20)21-14-6-3-7-15-21/h2-16,18H,17H2,1H3. The molecule has 1 aliphatic rings. The Morgan fingerprint density at radius 3 is 1.80 bits per heavy atom. The highest BCUT2D eigenvalue weighted by Gasteiger charge is 2.21. The minimum absolute atomic E-state index is 0.564. The first-order chi connectivity index (χ1) is 12.3. The molecule has 3 aromatic carbocycles. The lowest BCUT2D eigenvalue weighted by Crippen LogP contribution is -2.23. The smallest absolute Gasteiger partial charge is 0.00757 e. The number of benzene rings is 3. The summed E-state index contributed by atoms with van der Waals surface area (Å²) < 4.78 is 0. The molecular weight excluding hydrogens is 319 g/mol. The molecule has 0 amide bonds. The minimum atomic E-state index is -0.564. The van der Waals surface area contributed by atoms with E-state index in [0.29, 0.717) is 0 Å². The topological polar surface area (TPSA) is 0 Å². The lowest BCUT2D eigenvalue weighted by molar-refractivity contribution is 1.42. The molecule has 0 aromatic heterocycles. The Kier molecular flexibility index (Phi) is 4.63. The Labute approximate surface area is 151 Å². The van der Waals surface area contributed by atoms with Crippen molar-refractivity contribution in [1.82, 2.24) is 0 Å². The highest BCUT2D eigenvalue weighted by atomic mass is 31.1. The average Bonchev–Trinajstić information content (AvgIpc) is 3.10. The van der Waals surface area contributed by atoms with Gasteiger partial charge < -0.3 is 0 Å². The molecule has 0 nitrogen and oxygen atoms in total. The second-order valence-corrected chi connectivity index (χ2v) is 8.48. The zero-order valence-electron chi connectivity index (χ0n) is 14.4. The lowest BCUT2D eigenvalue weighted by atomic mass is 10.0. The molecule has 0 bridgehead atoms. The Morgan fingerprint density at radius 2 is 1.24 bits per heavy atom. The second-order valence-electron chi connectivity index (χ2n) is 6.29. The van der Waals surface area contributed by atoms with Crippen molar-refractivity contribution in [3.05, 3.63) is 108 Å². The van der Waals surface area contributed by atoms with E-state index >= 15 is 0 Å². The first-order valence-corrected chi connectivity index (χ1v) is 10.0. The molecule has 0 fully saturated rings. The van der Waals surface area contributed by atoms with Crippen LogP contribution in [0.3, 0.4) is 0 Å². The molecule has 4 rings (SSSR count). The summed E-state index contributed by atoms with van der Waals surface area (Å²) in [6, 6.07) is 30.8. The minimum Gasteiger partial charge on any atom is -0.0798 e. The molecule has 3 aromatic rings. The van der Waals surface area contributed by atoms with E-state index in [2.05, 4.69) is 104 Å². The summed E-state index contributed by atoms with van der Waals surface area (Å²) in [6.45, 7) is 2.23. The molecule has 1 aliphatic carbocycles. The van der Waals surface area contributed by atoms with Gasteiger partial charge >= 0.3 is 0 Å². The summed E-state index contributed by atoms with van der Waals surface area (Å²) in [4.78, 5) is 0. The molecule has 0 N–H and O–H groups in total. The molecule has 1 heteroatoms. The van der Waals surface area contributed by atoms with Crippen LogP contribution < -0.4 is 15.9 Å². The molecule has 0 heterocycles. The summed E-state index contributed by atoms with van der Waals surface area (Å²) >= 11 is 0. The van der Waals surface area contributed by atoms with Gasteiger partial charge in [0.1, 0.15) is 0 Å². The lowest BCUT2D eigenvalue weighted by Gasteiger charge is -2.23. The largest absolute Gasteiger partial charge is 0.0798 e. The Hall–Kier alpha value is -2.43. The van der Waals surface area contributed by atoms with Gasteiger partial charge in [-0.3, -0.25) is 0 Å². The van der Waals surface area contributed by atoms with Gasteiger partial charge in [0, 0.05) is 0 Å². The molecule has 25 heavy (non-hydrogen) atoms. The Balaban J connectivity index is 1.92. The number of hydrogen-bond acceptors (Lipinski definition) is 0. The predicted molar refractivity (Wildman–Crippen MR) is 111 cm³/mol. The van der Waals surface area contributed by atoms with E-state index in [9.17, 15) is 0 Å². The number of allylic oxidation sites excluding steroid dienone is 4. The molecule has 0 spiro atoms. The molecule has 0 unspecified atom stereocenters. The zero-order valence-corrected chi connectivity index (χ0v) is 15.3. The van der Waals surface area contributed by atoms with Gasteiger partial charge in [0.05, 0.1) is 0 Å². The zero-order chi connectivity index (χ0) is 17.1. The van der Waals surface area contributed by atoms with Gasteiger partial charge in [-0.1, -0.05) is 97.1 Å². The first-order valence-electron chi connectivity index (χ1n) is 8.70. The van der Waals surface area contributed by atoms with Crippen LogP contribution in [-0.2, 0) is 0 Å². The highest BCUT2D eigenvalue weighted by molar-refractivity contribution is 7.80. The molecule has 0 radical (unpaired) electrons. The third-order valence-corrected chi connectivity index (χ3v) is 7.17.